The Balaban J connectivity index is 1.85. The maximum Gasteiger partial charge on any atom is 0.329 e. The average Bonchev–Trinajstić information content (AvgIpc) is 3.07. The number of esters is 1. The monoisotopic (exact) mass is 529 g/mol. The molecule has 1 unspecified atom stereocenters. The molecule has 2 aromatic carbocycles. The van der Waals surface area contributed by atoms with Crippen LogP contribution in [-0.4, -0.2) is 45.9 Å². The molecule has 0 aliphatic heterocycles. The Bertz CT molecular complexity index is 1270. The summed E-state index contributed by atoms with van der Waals surface area (Å²) < 4.78 is 30.8. The van der Waals surface area contributed by atoms with Gasteiger partial charge < -0.3 is 10.1 Å². The molecule has 0 saturated carbocycles. The lowest BCUT2D eigenvalue weighted by molar-refractivity contribution is -0.146. The largest absolute Gasteiger partial charge is 0.464 e. The molecule has 2 aromatic rings. The Morgan fingerprint density at radius 1 is 1.14 bits per heavy atom. The Morgan fingerprint density at radius 2 is 1.83 bits per heavy atom. The van der Waals surface area contributed by atoms with Crippen molar-refractivity contribution >= 4 is 56.8 Å². The summed E-state index contributed by atoms with van der Waals surface area (Å²) in [6, 6.07) is 10.9. The van der Waals surface area contributed by atoms with E-state index in [9.17, 15) is 23.0 Å². The highest BCUT2D eigenvalue weighted by Crippen LogP contribution is 2.44. The first-order valence-electron chi connectivity index (χ1n) is 11.4. The standard InChI is InChI=1S/C27H28FNO5S2/c1-5-34-27(32)25(29-17(3)30)15-35-26(31)14-23-16(2)22(21-11-8-19(28)13-24(21)23)12-18-6-9-20(10-7-18)36(4)33/h6-13,25H,5,14-15H2,1-4H3,(H,29,30)/t25-,36?/m0/s1. The minimum Gasteiger partial charge on any atom is -0.464 e. The van der Waals surface area contributed by atoms with Gasteiger partial charge in [-0.15, -0.1) is 0 Å². The highest BCUT2D eigenvalue weighted by Gasteiger charge is 2.27. The number of benzene rings is 2. The van der Waals surface area contributed by atoms with Crippen molar-refractivity contribution in [2.45, 2.75) is 38.1 Å². The number of nitrogens with one attached hydrogen (secondary N) is 1. The van der Waals surface area contributed by atoms with Crippen molar-refractivity contribution in [2.75, 3.05) is 18.6 Å². The van der Waals surface area contributed by atoms with Crippen molar-refractivity contribution in [3.63, 3.8) is 0 Å². The number of thioether (sulfide) groups is 1. The predicted molar refractivity (Wildman–Crippen MR) is 142 cm³/mol. The maximum absolute atomic E-state index is 14.2. The number of amides is 1. The summed E-state index contributed by atoms with van der Waals surface area (Å²) in [6.07, 6.45) is 3.62. The molecule has 9 heteroatoms. The second-order valence-corrected chi connectivity index (χ2v) is 10.7. The fourth-order valence-electron chi connectivity index (χ4n) is 3.93. The molecule has 36 heavy (non-hydrogen) atoms. The summed E-state index contributed by atoms with van der Waals surface area (Å²) in [7, 11) is -1.08. The number of allylic oxidation sites excluding steroid dienone is 3. The SMILES string of the molecule is CCOC(=O)[C@H](CSC(=O)CC1=C(C)C(=Cc2ccc(S(C)=O)cc2)c2ccc(F)cc21)NC(C)=O. The van der Waals surface area contributed by atoms with Crippen LogP contribution in [0.3, 0.4) is 0 Å². The molecule has 0 fully saturated rings. The summed E-state index contributed by atoms with van der Waals surface area (Å²) in [4.78, 5) is 37.2. The number of rotatable bonds is 9. The van der Waals surface area contributed by atoms with E-state index < -0.39 is 34.5 Å². The maximum atomic E-state index is 14.2. The smallest absolute Gasteiger partial charge is 0.329 e. The van der Waals surface area contributed by atoms with Gasteiger partial charge in [-0.25, -0.2) is 9.18 Å². The summed E-state index contributed by atoms with van der Waals surface area (Å²) >= 11 is 0.927. The van der Waals surface area contributed by atoms with Crippen LogP contribution in [0.2, 0.25) is 0 Å². The van der Waals surface area contributed by atoms with Crippen LogP contribution in [0.25, 0.3) is 17.2 Å². The van der Waals surface area contributed by atoms with E-state index in [2.05, 4.69) is 5.32 Å². The van der Waals surface area contributed by atoms with E-state index in [4.69, 9.17) is 4.74 Å². The van der Waals surface area contributed by atoms with Gasteiger partial charge in [0.2, 0.25) is 5.91 Å². The molecule has 1 aliphatic rings. The zero-order valence-corrected chi connectivity index (χ0v) is 22.2. The second-order valence-electron chi connectivity index (χ2n) is 8.24. The van der Waals surface area contributed by atoms with Crippen LogP contribution in [0.4, 0.5) is 4.39 Å². The molecule has 0 radical (unpaired) electrons. The molecule has 1 amide bonds. The van der Waals surface area contributed by atoms with Crippen LogP contribution in [-0.2, 0) is 29.9 Å². The summed E-state index contributed by atoms with van der Waals surface area (Å²) in [5.74, 6) is -1.36. The van der Waals surface area contributed by atoms with Crippen LogP contribution in [0.1, 0.15) is 43.9 Å². The van der Waals surface area contributed by atoms with E-state index in [-0.39, 0.29) is 23.9 Å². The molecule has 1 N–H and O–H groups in total. The molecular formula is C27H28FNO5S2. The lowest BCUT2D eigenvalue weighted by Crippen LogP contribution is -2.42. The number of carbonyl (C=O) groups excluding carboxylic acids is 3. The van der Waals surface area contributed by atoms with Gasteiger partial charge in [-0.05, 0) is 77.6 Å². The molecule has 0 bridgehead atoms. The van der Waals surface area contributed by atoms with Gasteiger partial charge in [-0.3, -0.25) is 13.8 Å². The Labute approximate surface area is 216 Å². The van der Waals surface area contributed by atoms with Crippen LogP contribution >= 0.6 is 11.8 Å². The van der Waals surface area contributed by atoms with E-state index in [1.54, 1.807) is 31.4 Å². The third kappa shape index (κ3) is 6.79. The van der Waals surface area contributed by atoms with Crippen molar-refractivity contribution < 1.29 is 27.7 Å². The predicted octanol–water partition coefficient (Wildman–Crippen LogP) is 4.61. The lowest BCUT2D eigenvalue weighted by Gasteiger charge is -2.15. The zero-order valence-electron chi connectivity index (χ0n) is 20.6. The van der Waals surface area contributed by atoms with Crippen molar-refractivity contribution in [3.8, 4) is 0 Å². The third-order valence-electron chi connectivity index (χ3n) is 5.66. The fourth-order valence-corrected chi connectivity index (χ4v) is 5.27. The van der Waals surface area contributed by atoms with E-state index in [0.29, 0.717) is 11.1 Å². The molecule has 0 saturated heterocycles. The molecule has 0 heterocycles. The molecule has 1 aliphatic carbocycles. The minimum absolute atomic E-state index is 0.0351. The van der Waals surface area contributed by atoms with Gasteiger partial charge in [0.25, 0.3) is 0 Å². The average molecular weight is 530 g/mol. The van der Waals surface area contributed by atoms with Gasteiger partial charge in [0.05, 0.1) is 6.61 Å². The normalized spacial score (nSPS) is 15.4. The van der Waals surface area contributed by atoms with E-state index in [1.807, 2.05) is 25.1 Å². The summed E-state index contributed by atoms with van der Waals surface area (Å²) in [5, 5.41) is 2.30. The first-order valence-corrected chi connectivity index (χ1v) is 13.9. The first kappa shape index (κ1) is 27.5. The quantitative estimate of drug-likeness (QED) is 0.478. The van der Waals surface area contributed by atoms with E-state index in [1.165, 1.54) is 19.1 Å². The first-order chi connectivity index (χ1) is 17.1. The lowest BCUT2D eigenvalue weighted by atomic mass is 10.0. The van der Waals surface area contributed by atoms with Gasteiger partial charge in [0.15, 0.2) is 5.12 Å². The van der Waals surface area contributed by atoms with Gasteiger partial charge >= 0.3 is 5.97 Å². The third-order valence-corrected chi connectivity index (χ3v) is 7.56. The molecule has 6 nitrogen and oxygen atoms in total. The molecular weight excluding hydrogens is 501 g/mol. The fraction of sp³-hybridized carbons (Fsp3) is 0.296. The van der Waals surface area contributed by atoms with Crippen LogP contribution in [0.5, 0.6) is 0 Å². The number of hydrogen-bond donors (Lipinski definition) is 1. The van der Waals surface area contributed by atoms with Crippen molar-refractivity contribution in [1.82, 2.24) is 5.32 Å². The number of ether oxygens (including phenoxy) is 1. The Morgan fingerprint density at radius 3 is 2.44 bits per heavy atom. The molecule has 0 spiro atoms. The highest BCUT2D eigenvalue weighted by molar-refractivity contribution is 8.13. The van der Waals surface area contributed by atoms with Crippen molar-refractivity contribution in [3.05, 3.63) is 70.5 Å². The van der Waals surface area contributed by atoms with Crippen molar-refractivity contribution in [1.29, 1.82) is 0 Å². The second kappa shape index (κ2) is 12.3. The van der Waals surface area contributed by atoms with E-state index in [0.717, 1.165) is 38.9 Å². The number of hydrogen-bond acceptors (Lipinski definition) is 6. The van der Waals surface area contributed by atoms with Crippen LogP contribution in [0, 0.1) is 5.82 Å². The number of halogens is 1. The number of fused-ring (bicyclic) bond motifs is 1. The molecule has 0 aromatic heterocycles. The summed E-state index contributed by atoms with van der Waals surface area (Å²) in [6.45, 7) is 5.01. The molecule has 2 atom stereocenters. The highest BCUT2D eigenvalue weighted by atomic mass is 32.2. The Hall–Kier alpha value is -3.04. The minimum atomic E-state index is -1.08. The van der Waals surface area contributed by atoms with Gasteiger partial charge in [0, 0.05) is 41.0 Å². The molecule has 3 rings (SSSR count). The van der Waals surface area contributed by atoms with E-state index >= 15 is 0 Å². The number of carbonyl (C=O) groups is 3. The van der Waals surface area contributed by atoms with Crippen LogP contribution < -0.4 is 5.32 Å². The summed E-state index contributed by atoms with van der Waals surface area (Å²) in [5.41, 5.74) is 4.83. The van der Waals surface area contributed by atoms with Gasteiger partial charge in [0.1, 0.15) is 11.9 Å². The Kier molecular flexibility index (Phi) is 9.39. The van der Waals surface area contributed by atoms with Gasteiger partial charge in [-0.1, -0.05) is 30.0 Å². The topological polar surface area (TPSA) is 89.5 Å². The molecule has 190 valence electrons. The van der Waals surface area contributed by atoms with Crippen LogP contribution in [0.15, 0.2) is 52.9 Å². The van der Waals surface area contributed by atoms with Crippen molar-refractivity contribution in [2.24, 2.45) is 0 Å². The van der Waals surface area contributed by atoms with Gasteiger partial charge in [-0.2, -0.15) is 0 Å². The zero-order chi connectivity index (χ0) is 26.4.